The highest BCUT2D eigenvalue weighted by Gasteiger charge is 2.30. The number of benzene rings is 1. The number of amides is 1. The minimum absolute atomic E-state index is 0.0329. The molecular formula is C20H31N3O3. The molecule has 144 valence electrons. The molecule has 1 heterocycles. The Hall–Kier alpha value is -1.92. The molecule has 1 aliphatic heterocycles. The summed E-state index contributed by atoms with van der Waals surface area (Å²) >= 11 is 0. The third-order valence-electron chi connectivity index (χ3n) is 4.93. The van der Waals surface area contributed by atoms with Crippen LogP contribution in [0.2, 0.25) is 0 Å². The largest absolute Gasteiger partial charge is 0.480 e. The van der Waals surface area contributed by atoms with E-state index in [1.54, 1.807) is 0 Å². The quantitative estimate of drug-likeness (QED) is 0.522. The maximum Gasteiger partial charge on any atom is 0.320 e. The van der Waals surface area contributed by atoms with E-state index in [0.29, 0.717) is 25.8 Å². The smallest absolute Gasteiger partial charge is 0.320 e. The summed E-state index contributed by atoms with van der Waals surface area (Å²) in [6.45, 7) is 2.13. The third kappa shape index (κ3) is 6.42. The van der Waals surface area contributed by atoms with E-state index in [0.717, 1.165) is 44.3 Å². The van der Waals surface area contributed by atoms with Crippen LogP contribution in [0, 0.1) is 0 Å². The van der Waals surface area contributed by atoms with Crippen LogP contribution >= 0.6 is 0 Å². The standard InChI is InChI=1S/C20H31N3O3/c21-13-5-4-10-17(19(24)23-14-6-7-15-23)22-18(20(25)26)12-11-16-8-2-1-3-9-16/h1-3,8-9,17-18,22H,4-7,10-15,21H2,(H,25,26)/t17-,18-/m0/s1. The van der Waals surface area contributed by atoms with Gasteiger partial charge in [-0.15, -0.1) is 0 Å². The van der Waals surface area contributed by atoms with Crippen LogP contribution in [0.25, 0.3) is 0 Å². The highest BCUT2D eigenvalue weighted by molar-refractivity contribution is 5.83. The van der Waals surface area contributed by atoms with Gasteiger partial charge < -0.3 is 15.7 Å². The molecule has 6 nitrogen and oxygen atoms in total. The Bertz CT molecular complexity index is 559. The van der Waals surface area contributed by atoms with Gasteiger partial charge in [0, 0.05) is 13.1 Å². The van der Waals surface area contributed by atoms with Crippen molar-refractivity contribution >= 4 is 11.9 Å². The molecule has 0 unspecified atom stereocenters. The fourth-order valence-electron chi connectivity index (χ4n) is 3.41. The van der Waals surface area contributed by atoms with E-state index in [9.17, 15) is 14.7 Å². The summed E-state index contributed by atoms with van der Waals surface area (Å²) in [5.41, 5.74) is 6.67. The molecule has 4 N–H and O–H groups in total. The predicted molar refractivity (Wildman–Crippen MR) is 102 cm³/mol. The molecule has 0 saturated carbocycles. The van der Waals surface area contributed by atoms with E-state index in [4.69, 9.17) is 5.73 Å². The molecule has 2 atom stereocenters. The molecular weight excluding hydrogens is 330 g/mol. The number of carbonyl (C=O) groups is 2. The molecule has 1 fully saturated rings. The number of likely N-dealkylation sites (tertiary alicyclic amines) is 1. The first-order valence-corrected chi connectivity index (χ1v) is 9.63. The number of rotatable bonds is 11. The molecule has 26 heavy (non-hydrogen) atoms. The van der Waals surface area contributed by atoms with E-state index < -0.39 is 18.1 Å². The fourth-order valence-corrected chi connectivity index (χ4v) is 3.41. The second kappa shape index (κ2) is 10.9. The van der Waals surface area contributed by atoms with E-state index >= 15 is 0 Å². The summed E-state index contributed by atoms with van der Waals surface area (Å²) < 4.78 is 0. The molecule has 1 saturated heterocycles. The number of carboxylic acids is 1. The van der Waals surface area contributed by atoms with Crippen LogP contribution in [-0.4, -0.2) is 53.6 Å². The summed E-state index contributed by atoms with van der Waals surface area (Å²) in [5.74, 6) is -0.871. The number of aryl methyl sites for hydroxylation is 1. The van der Waals surface area contributed by atoms with Crippen LogP contribution in [-0.2, 0) is 16.0 Å². The summed E-state index contributed by atoms with van der Waals surface area (Å²) in [5, 5.41) is 12.7. The average molecular weight is 361 g/mol. The molecule has 0 radical (unpaired) electrons. The Morgan fingerprint density at radius 1 is 1.08 bits per heavy atom. The maximum atomic E-state index is 12.8. The number of nitrogens with one attached hydrogen (secondary N) is 1. The van der Waals surface area contributed by atoms with Crippen molar-refractivity contribution in [3.05, 3.63) is 35.9 Å². The molecule has 2 rings (SSSR count). The van der Waals surface area contributed by atoms with Crippen molar-refractivity contribution in [1.29, 1.82) is 0 Å². The summed E-state index contributed by atoms with van der Waals surface area (Å²) in [6, 6.07) is 8.65. The molecule has 0 bridgehead atoms. The van der Waals surface area contributed by atoms with Gasteiger partial charge in [-0.2, -0.15) is 0 Å². The molecule has 0 aromatic heterocycles. The van der Waals surface area contributed by atoms with Gasteiger partial charge in [-0.05, 0) is 50.6 Å². The Labute approximate surface area is 155 Å². The van der Waals surface area contributed by atoms with Crippen molar-refractivity contribution in [1.82, 2.24) is 10.2 Å². The minimum Gasteiger partial charge on any atom is -0.480 e. The highest BCUT2D eigenvalue weighted by atomic mass is 16.4. The number of carbonyl (C=O) groups excluding carboxylic acids is 1. The molecule has 1 aromatic rings. The van der Waals surface area contributed by atoms with Gasteiger partial charge >= 0.3 is 5.97 Å². The molecule has 1 aliphatic rings. The summed E-state index contributed by atoms with van der Waals surface area (Å²) in [4.78, 5) is 26.4. The number of nitrogens with zero attached hydrogens (tertiary/aromatic N) is 1. The first kappa shape index (κ1) is 20.4. The molecule has 1 amide bonds. The Kier molecular flexibility index (Phi) is 8.58. The lowest BCUT2D eigenvalue weighted by Crippen LogP contribution is -2.51. The zero-order valence-corrected chi connectivity index (χ0v) is 15.4. The summed E-state index contributed by atoms with van der Waals surface area (Å²) in [6.07, 6.45) is 5.46. The van der Waals surface area contributed by atoms with E-state index in [-0.39, 0.29) is 5.91 Å². The van der Waals surface area contributed by atoms with Crippen LogP contribution < -0.4 is 11.1 Å². The first-order chi connectivity index (χ1) is 12.6. The van der Waals surface area contributed by atoms with Crippen LogP contribution in [0.1, 0.15) is 44.1 Å². The van der Waals surface area contributed by atoms with Gasteiger partial charge in [-0.3, -0.25) is 14.9 Å². The number of unbranched alkanes of at least 4 members (excludes halogenated alkanes) is 1. The molecule has 0 spiro atoms. The number of carboxylic acid groups (broad SMARTS) is 1. The van der Waals surface area contributed by atoms with Crippen LogP contribution in [0.4, 0.5) is 0 Å². The van der Waals surface area contributed by atoms with E-state index in [1.165, 1.54) is 0 Å². The molecule has 1 aromatic carbocycles. The minimum atomic E-state index is -0.904. The van der Waals surface area contributed by atoms with Crippen molar-refractivity contribution in [2.75, 3.05) is 19.6 Å². The lowest BCUT2D eigenvalue weighted by molar-refractivity contribution is -0.140. The first-order valence-electron chi connectivity index (χ1n) is 9.63. The van der Waals surface area contributed by atoms with E-state index in [2.05, 4.69) is 5.32 Å². The van der Waals surface area contributed by atoms with Gasteiger partial charge in [0.1, 0.15) is 6.04 Å². The Balaban J connectivity index is 1.98. The number of aliphatic carboxylic acids is 1. The van der Waals surface area contributed by atoms with Gasteiger partial charge in [-0.1, -0.05) is 36.8 Å². The van der Waals surface area contributed by atoms with Crippen LogP contribution in [0.15, 0.2) is 30.3 Å². The number of hydrogen-bond acceptors (Lipinski definition) is 4. The molecule has 6 heteroatoms. The van der Waals surface area contributed by atoms with Crippen LogP contribution in [0.5, 0.6) is 0 Å². The van der Waals surface area contributed by atoms with Crippen molar-refractivity contribution in [3.8, 4) is 0 Å². The lowest BCUT2D eigenvalue weighted by atomic mass is 10.0. The maximum absolute atomic E-state index is 12.8. The van der Waals surface area contributed by atoms with Crippen molar-refractivity contribution < 1.29 is 14.7 Å². The fraction of sp³-hybridized carbons (Fsp3) is 0.600. The van der Waals surface area contributed by atoms with Crippen LogP contribution in [0.3, 0.4) is 0 Å². The summed E-state index contributed by atoms with van der Waals surface area (Å²) in [7, 11) is 0. The lowest BCUT2D eigenvalue weighted by Gasteiger charge is -2.27. The van der Waals surface area contributed by atoms with Gasteiger partial charge in [0.2, 0.25) is 5.91 Å². The van der Waals surface area contributed by atoms with Crippen molar-refractivity contribution in [3.63, 3.8) is 0 Å². The van der Waals surface area contributed by atoms with Gasteiger partial charge in [0.25, 0.3) is 0 Å². The van der Waals surface area contributed by atoms with E-state index in [1.807, 2.05) is 35.2 Å². The number of hydrogen-bond donors (Lipinski definition) is 3. The zero-order valence-electron chi connectivity index (χ0n) is 15.4. The third-order valence-corrected chi connectivity index (χ3v) is 4.93. The van der Waals surface area contributed by atoms with Gasteiger partial charge in [0.05, 0.1) is 6.04 Å². The van der Waals surface area contributed by atoms with Gasteiger partial charge in [-0.25, -0.2) is 0 Å². The van der Waals surface area contributed by atoms with Gasteiger partial charge in [0.15, 0.2) is 0 Å². The predicted octanol–water partition coefficient (Wildman–Crippen LogP) is 1.78. The second-order valence-electron chi connectivity index (χ2n) is 6.95. The Morgan fingerprint density at radius 3 is 2.38 bits per heavy atom. The average Bonchev–Trinajstić information content (AvgIpc) is 3.18. The zero-order chi connectivity index (χ0) is 18.8. The second-order valence-corrected chi connectivity index (χ2v) is 6.95. The highest BCUT2D eigenvalue weighted by Crippen LogP contribution is 2.14. The normalized spacial score (nSPS) is 16.4. The monoisotopic (exact) mass is 361 g/mol. The van der Waals surface area contributed by atoms with Crippen molar-refractivity contribution in [2.45, 2.75) is 57.0 Å². The SMILES string of the molecule is NCCCC[C@H](N[C@@H](CCc1ccccc1)C(=O)O)C(=O)N1CCCC1. The molecule has 0 aliphatic carbocycles. The topological polar surface area (TPSA) is 95.7 Å². The number of nitrogens with two attached hydrogens (primary N) is 1. The Morgan fingerprint density at radius 2 is 1.77 bits per heavy atom. The van der Waals surface area contributed by atoms with Crippen molar-refractivity contribution in [2.24, 2.45) is 5.73 Å².